The number of benzene rings is 1. The second-order valence-corrected chi connectivity index (χ2v) is 3.26. The van der Waals surface area contributed by atoms with Gasteiger partial charge in [0.15, 0.2) is 0 Å². The van der Waals surface area contributed by atoms with Gasteiger partial charge in [0.05, 0.1) is 6.61 Å². The van der Waals surface area contributed by atoms with Crippen molar-refractivity contribution in [3.63, 3.8) is 0 Å². The van der Waals surface area contributed by atoms with Crippen LogP contribution in [0.3, 0.4) is 0 Å². The number of hydrogen-bond acceptors (Lipinski definition) is 2. The molecule has 0 radical (unpaired) electrons. The highest BCUT2D eigenvalue weighted by Gasteiger charge is 2.38. The third kappa shape index (κ3) is 4.34. The molecule has 0 saturated heterocycles. The van der Waals surface area contributed by atoms with Gasteiger partial charge in [-0.2, -0.15) is 13.2 Å². The van der Waals surface area contributed by atoms with Gasteiger partial charge in [-0.25, -0.2) is 0 Å². The monoisotopic (exact) mass is 247 g/mol. The third-order valence-corrected chi connectivity index (χ3v) is 1.92. The predicted molar refractivity (Wildman–Crippen MR) is 55.5 cm³/mol. The van der Waals surface area contributed by atoms with Crippen LogP contribution >= 0.6 is 0 Å². The lowest BCUT2D eigenvalue weighted by molar-refractivity contribution is -0.173. The molecule has 6 heteroatoms. The fourth-order valence-electron chi connectivity index (χ4n) is 1.19. The molecule has 0 aliphatic heterocycles. The summed E-state index contributed by atoms with van der Waals surface area (Å²) in [7, 11) is 0. The van der Waals surface area contributed by atoms with Crippen molar-refractivity contribution in [3.05, 3.63) is 29.8 Å². The first kappa shape index (κ1) is 13.3. The first-order valence-corrected chi connectivity index (χ1v) is 5.00. The zero-order valence-corrected chi connectivity index (χ0v) is 9.17. The Labute approximate surface area is 96.6 Å². The van der Waals surface area contributed by atoms with Gasteiger partial charge >= 0.3 is 12.1 Å². The SMILES string of the molecule is CCOc1cccc(CNC(=O)C(F)(F)F)c1. The van der Waals surface area contributed by atoms with Gasteiger partial charge < -0.3 is 10.1 Å². The second-order valence-electron chi connectivity index (χ2n) is 3.26. The van der Waals surface area contributed by atoms with Crippen LogP contribution in [0.5, 0.6) is 5.75 Å². The molecule has 0 unspecified atom stereocenters. The molecule has 0 bridgehead atoms. The molecule has 0 fully saturated rings. The molecule has 0 aliphatic carbocycles. The van der Waals surface area contributed by atoms with Crippen molar-refractivity contribution in [1.82, 2.24) is 5.32 Å². The number of nitrogens with one attached hydrogen (secondary N) is 1. The summed E-state index contributed by atoms with van der Waals surface area (Å²) in [5.41, 5.74) is 0.550. The number of rotatable bonds is 4. The second kappa shape index (κ2) is 5.56. The molecule has 3 nitrogen and oxygen atoms in total. The summed E-state index contributed by atoms with van der Waals surface area (Å²) in [5.74, 6) is -1.38. The van der Waals surface area contributed by atoms with E-state index in [-0.39, 0.29) is 6.54 Å². The van der Waals surface area contributed by atoms with Crippen LogP contribution in [0.1, 0.15) is 12.5 Å². The van der Waals surface area contributed by atoms with Crippen molar-refractivity contribution in [2.45, 2.75) is 19.6 Å². The van der Waals surface area contributed by atoms with E-state index in [0.29, 0.717) is 17.9 Å². The summed E-state index contributed by atoms with van der Waals surface area (Å²) >= 11 is 0. The maximum Gasteiger partial charge on any atom is 0.471 e. The molecule has 94 valence electrons. The van der Waals surface area contributed by atoms with Gasteiger partial charge in [-0.15, -0.1) is 0 Å². The van der Waals surface area contributed by atoms with Crippen LogP contribution in [0.15, 0.2) is 24.3 Å². The molecule has 0 aromatic heterocycles. The molecule has 1 rings (SSSR count). The third-order valence-electron chi connectivity index (χ3n) is 1.92. The molecule has 17 heavy (non-hydrogen) atoms. The van der Waals surface area contributed by atoms with Crippen molar-refractivity contribution in [2.24, 2.45) is 0 Å². The fraction of sp³-hybridized carbons (Fsp3) is 0.364. The van der Waals surface area contributed by atoms with Gasteiger partial charge in [-0.1, -0.05) is 12.1 Å². The van der Waals surface area contributed by atoms with Crippen LogP contribution in [-0.2, 0) is 11.3 Å². The van der Waals surface area contributed by atoms with Crippen LogP contribution < -0.4 is 10.1 Å². The number of halogens is 3. The minimum atomic E-state index is -4.85. The number of amides is 1. The molecule has 0 atom stereocenters. The summed E-state index contributed by atoms with van der Waals surface area (Å²) in [6.45, 7) is 2.09. The number of hydrogen-bond donors (Lipinski definition) is 1. The Morgan fingerprint density at radius 1 is 1.41 bits per heavy atom. The first-order chi connectivity index (χ1) is 7.93. The van der Waals surface area contributed by atoms with Gasteiger partial charge in [-0.3, -0.25) is 4.79 Å². The zero-order chi connectivity index (χ0) is 12.9. The van der Waals surface area contributed by atoms with Crippen LogP contribution in [0.2, 0.25) is 0 Å². The lowest BCUT2D eigenvalue weighted by atomic mass is 10.2. The average Bonchev–Trinajstić information content (AvgIpc) is 2.25. The largest absolute Gasteiger partial charge is 0.494 e. The predicted octanol–water partition coefficient (Wildman–Crippen LogP) is 2.26. The molecule has 0 saturated carbocycles. The van der Waals surface area contributed by atoms with Crippen molar-refractivity contribution in [1.29, 1.82) is 0 Å². The van der Waals surface area contributed by atoms with Crippen LogP contribution in [0.25, 0.3) is 0 Å². The lowest BCUT2D eigenvalue weighted by Gasteiger charge is -2.09. The van der Waals surface area contributed by atoms with Crippen LogP contribution in [0.4, 0.5) is 13.2 Å². The van der Waals surface area contributed by atoms with Gasteiger partial charge in [0.2, 0.25) is 0 Å². The lowest BCUT2D eigenvalue weighted by Crippen LogP contribution is -2.36. The Kier molecular flexibility index (Phi) is 4.37. The van der Waals surface area contributed by atoms with E-state index in [2.05, 4.69) is 0 Å². The van der Waals surface area contributed by atoms with E-state index in [1.165, 1.54) is 0 Å². The van der Waals surface area contributed by atoms with E-state index in [0.717, 1.165) is 0 Å². The van der Waals surface area contributed by atoms with E-state index in [1.807, 2.05) is 0 Å². The summed E-state index contributed by atoms with van der Waals surface area (Å²) < 4.78 is 40.9. The summed E-state index contributed by atoms with van der Waals surface area (Å²) in [6, 6.07) is 6.54. The minimum absolute atomic E-state index is 0.181. The highest BCUT2D eigenvalue weighted by molar-refractivity contribution is 5.81. The number of ether oxygens (including phenoxy) is 1. The molecule has 1 aromatic rings. The highest BCUT2D eigenvalue weighted by Crippen LogP contribution is 2.16. The van der Waals surface area contributed by atoms with E-state index in [4.69, 9.17) is 4.74 Å². The Morgan fingerprint density at radius 2 is 2.12 bits per heavy atom. The number of carbonyl (C=O) groups excluding carboxylic acids is 1. The molecule has 0 spiro atoms. The average molecular weight is 247 g/mol. The van der Waals surface area contributed by atoms with Crippen molar-refractivity contribution >= 4 is 5.91 Å². The van der Waals surface area contributed by atoms with Crippen molar-refractivity contribution in [2.75, 3.05) is 6.61 Å². The van der Waals surface area contributed by atoms with Crippen LogP contribution in [0, 0.1) is 0 Å². The van der Waals surface area contributed by atoms with E-state index in [1.54, 1.807) is 36.5 Å². The molecule has 1 amide bonds. The molecule has 1 aromatic carbocycles. The number of carbonyl (C=O) groups is 1. The minimum Gasteiger partial charge on any atom is -0.494 e. The fourth-order valence-corrected chi connectivity index (χ4v) is 1.19. The Bertz CT molecular complexity index is 391. The summed E-state index contributed by atoms with van der Waals surface area (Å²) in [6.07, 6.45) is -4.85. The Hall–Kier alpha value is -1.72. The molecule has 0 aliphatic rings. The highest BCUT2D eigenvalue weighted by atomic mass is 19.4. The molecular formula is C11H12F3NO2. The zero-order valence-electron chi connectivity index (χ0n) is 9.17. The van der Waals surface area contributed by atoms with Gasteiger partial charge in [-0.05, 0) is 24.6 Å². The summed E-state index contributed by atoms with van der Waals surface area (Å²) in [5, 5.41) is 1.79. The normalized spacial score (nSPS) is 11.1. The smallest absolute Gasteiger partial charge is 0.471 e. The van der Waals surface area contributed by atoms with Crippen LogP contribution in [-0.4, -0.2) is 18.7 Å². The molecular weight excluding hydrogens is 235 g/mol. The quantitative estimate of drug-likeness (QED) is 0.886. The van der Waals surface area contributed by atoms with E-state index in [9.17, 15) is 18.0 Å². The van der Waals surface area contributed by atoms with Gasteiger partial charge in [0.1, 0.15) is 5.75 Å². The maximum absolute atomic E-state index is 11.9. The molecule has 1 N–H and O–H groups in total. The van der Waals surface area contributed by atoms with Crippen molar-refractivity contribution in [3.8, 4) is 5.75 Å². The first-order valence-electron chi connectivity index (χ1n) is 5.00. The Morgan fingerprint density at radius 3 is 2.71 bits per heavy atom. The topological polar surface area (TPSA) is 38.3 Å². The maximum atomic E-state index is 11.9. The van der Waals surface area contributed by atoms with Crippen molar-refractivity contribution < 1.29 is 22.7 Å². The van der Waals surface area contributed by atoms with E-state index >= 15 is 0 Å². The Balaban J connectivity index is 2.57. The van der Waals surface area contributed by atoms with Gasteiger partial charge in [0.25, 0.3) is 0 Å². The van der Waals surface area contributed by atoms with Gasteiger partial charge in [0, 0.05) is 6.54 Å². The summed E-state index contributed by atoms with van der Waals surface area (Å²) in [4.78, 5) is 10.6. The molecule has 0 heterocycles. The number of alkyl halides is 3. The van der Waals surface area contributed by atoms with E-state index < -0.39 is 12.1 Å². The standard InChI is InChI=1S/C11H12F3NO2/c1-2-17-9-5-3-4-8(6-9)7-15-10(16)11(12,13)14/h3-6H,2,7H2,1H3,(H,15,16).